The molecule has 2 fully saturated rings. The molecule has 2 aliphatic heterocycles. The standard InChI is InChI=1S/C20H28N4O/c1-2-6-17(7-3-1)14-23-11-5-13-25-18(15-23)16-24-12-4-8-20(24)19-9-10-21-22-19/h1-3,6-7,9-10,18,20H,4-5,8,11-16H2,(H,21,22). The van der Waals surface area contributed by atoms with Gasteiger partial charge in [0, 0.05) is 39.0 Å². The fourth-order valence-electron chi connectivity index (χ4n) is 4.18. The van der Waals surface area contributed by atoms with Crippen molar-refractivity contribution in [2.45, 2.75) is 38.0 Å². The minimum atomic E-state index is 0.287. The van der Waals surface area contributed by atoms with E-state index >= 15 is 0 Å². The number of nitrogens with zero attached hydrogens (tertiary/aromatic N) is 3. The highest BCUT2D eigenvalue weighted by Crippen LogP contribution is 2.31. The van der Waals surface area contributed by atoms with Crippen LogP contribution in [0.1, 0.15) is 36.6 Å². The first kappa shape index (κ1) is 16.8. The molecule has 1 N–H and O–H groups in total. The number of nitrogens with one attached hydrogen (secondary N) is 1. The molecule has 0 radical (unpaired) electrons. The molecule has 0 bridgehead atoms. The third-order valence-electron chi connectivity index (χ3n) is 5.37. The molecule has 5 nitrogen and oxygen atoms in total. The van der Waals surface area contributed by atoms with Crippen LogP contribution < -0.4 is 0 Å². The van der Waals surface area contributed by atoms with E-state index in [0.717, 1.165) is 45.8 Å². The summed E-state index contributed by atoms with van der Waals surface area (Å²) >= 11 is 0. The number of rotatable bonds is 5. The molecule has 3 heterocycles. The molecule has 1 aromatic heterocycles. The van der Waals surface area contributed by atoms with Gasteiger partial charge in [-0.05, 0) is 37.4 Å². The Morgan fingerprint density at radius 3 is 2.88 bits per heavy atom. The second-order valence-corrected chi connectivity index (χ2v) is 7.23. The van der Waals surface area contributed by atoms with Crippen molar-refractivity contribution in [2.75, 3.05) is 32.8 Å². The Kier molecular flexibility index (Phi) is 5.45. The van der Waals surface area contributed by atoms with Gasteiger partial charge in [0.2, 0.25) is 0 Å². The van der Waals surface area contributed by atoms with E-state index in [2.05, 4.69) is 56.4 Å². The molecule has 2 unspecified atom stereocenters. The molecular formula is C20H28N4O. The van der Waals surface area contributed by atoms with Crippen molar-refractivity contribution in [3.05, 3.63) is 53.9 Å². The van der Waals surface area contributed by atoms with E-state index in [9.17, 15) is 0 Å². The molecule has 2 aromatic rings. The molecule has 1 aromatic carbocycles. The number of H-pyrrole nitrogens is 1. The van der Waals surface area contributed by atoms with Crippen LogP contribution in [-0.2, 0) is 11.3 Å². The second-order valence-electron chi connectivity index (χ2n) is 7.23. The molecule has 2 saturated heterocycles. The lowest BCUT2D eigenvalue weighted by Gasteiger charge is -2.30. The van der Waals surface area contributed by atoms with Gasteiger partial charge in [0.25, 0.3) is 0 Å². The van der Waals surface area contributed by atoms with Gasteiger partial charge in [-0.1, -0.05) is 30.3 Å². The van der Waals surface area contributed by atoms with Crippen LogP contribution in [0.25, 0.3) is 0 Å². The van der Waals surface area contributed by atoms with Crippen LogP contribution in [0.4, 0.5) is 0 Å². The first-order chi connectivity index (χ1) is 12.4. The molecule has 4 rings (SSSR count). The summed E-state index contributed by atoms with van der Waals surface area (Å²) in [5, 5.41) is 7.29. The van der Waals surface area contributed by atoms with Crippen molar-refractivity contribution in [3.8, 4) is 0 Å². The van der Waals surface area contributed by atoms with Gasteiger partial charge in [-0.3, -0.25) is 14.9 Å². The zero-order valence-electron chi connectivity index (χ0n) is 14.8. The van der Waals surface area contributed by atoms with Gasteiger partial charge in [0.05, 0.1) is 17.8 Å². The van der Waals surface area contributed by atoms with Gasteiger partial charge in [-0.2, -0.15) is 5.10 Å². The van der Waals surface area contributed by atoms with Gasteiger partial charge in [0.1, 0.15) is 0 Å². The maximum Gasteiger partial charge on any atom is 0.0828 e. The van der Waals surface area contributed by atoms with Gasteiger partial charge in [0.15, 0.2) is 0 Å². The van der Waals surface area contributed by atoms with E-state index < -0.39 is 0 Å². The normalized spacial score (nSPS) is 25.9. The Morgan fingerprint density at radius 1 is 1.12 bits per heavy atom. The van der Waals surface area contributed by atoms with Gasteiger partial charge in [-0.15, -0.1) is 0 Å². The summed E-state index contributed by atoms with van der Waals surface area (Å²) in [5.41, 5.74) is 2.63. The minimum Gasteiger partial charge on any atom is -0.376 e. The van der Waals surface area contributed by atoms with E-state index in [-0.39, 0.29) is 6.10 Å². The van der Waals surface area contributed by atoms with Crippen LogP contribution in [0, 0.1) is 0 Å². The predicted molar refractivity (Wildman–Crippen MR) is 98.2 cm³/mol. The molecule has 2 aliphatic rings. The van der Waals surface area contributed by atoms with Crippen LogP contribution in [0.15, 0.2) is 42.6 Å². The Bertz CT molecular complexity index is 630. The third-order valence-corrected chi connectivity index (χ3v) is 5.37. The molecule has 0 spiro atoms. The van der Waals surface area contributed by atoms with Gasteiger partial charge >= 0.3 is 0 Å². The Balaban J connectivity index is 1.37. The van der Waals surface area contributed by atoms with Gasteiger partial charge < -0.3 is 4.74 Å². The minimum absolute atomic E-state index is 0.287. The molecular weight excluding hydrogens is 312 g/mol. The molecule has 134 valence electrons. The van der Waals surface area contributed by atoms with E-state index in [0.29, 0.717) is 6.04 Å². The Hall–Kier alpha value is -1.69. The number of hydrogen-bond donors (Lipinski definition) is 1. The highest BCUT2D eigenvalue weighted by Gasteiger charge is 2.30. The average molecular weight is 340 g/mol. The first-order valence-electron chi connectivity index (χ1n) is 9.50. The molecule has 2 atom stereocenters. The second kappa shape index (κ2) is 8.13. The van der Waals surface area contributed by atoms with Crippen LogP contribution in [0.5, 0.6) is 0 Å². The maximum atomic E-state index is 6.19. The Labute approximate surface area is 150 Å². The number of aromatic nitrogens is 2. The van der Waals surface area contributed by atoms with Crippen LogP contribution in [0.2, 0.25) is 0 Å². The van der Waals surface area contributed by atoms with E-state index in [1.165, 1.54) is 24.1 Å². The van der Waals surface area contributed by atoms with Crippen LogP contribution in [-0.4, -0.2) is 58.9 Å². The van der Waals surface area contributed by atoms with Crippen molar-refractivity contribution in [1.29, 1.82) is 0 Å². The fraction of sp³-hybridized carbons (Fsp3) is 0.550. The average Bonchev–Trinajstić information content (AvgIpc) is 3.26. The Morgan fingerprint density at radius 2 is 2.04 bits per heavy atom. The summed E-state index contributed by atoms with van der Waals surface area (Å²) < 4.78 is 6.19. The molecule has 0 amide bonds. The molecule has 5 heteroatoms. The molecule has 0 aliphatic carbocycles. The lowest BCUT2D eigenvalue weighted by Crippen LogP contribution is -2.40. The van der Waals surface area contributed by atoms with E-state index in [4.69, 9.17) is 4.74 Å². The van der Waals surface area contributed by atoms with Crippen molar-refractivity contribution < 1.29 is 4.74 Å². The summed E-state index contributed by atoms with van der Waals surface area (Å²) in [5.74, 6) is 0. The van der Waals surface area contributed by atoms with Crippen LogP contribution in [0.3, 0.4) is 0 Å². The van der Waals surface area contributed by atoms with Crippen molar-refractivity contribution in [3.63, 3.8) is 0 Å². The lowest BCUT2D eigenvalue weighted by molar-refractivity contribution is 0.0223. The number of benzene rings is 1. The van der Waals surface area contributed by atoms with Crippen molar-refractivity contribution in [2.24, 2.45) is 0 Å². The van der Waals surface area contributed by atoms with E-state index in [1.807, 2.05) is 6.20 Å². The number of aromatic amines is 1. The molecule has 25 heavy (non-hydrogen) atoms. The number of ether oxygens (including phenoxy) is 1. The van der Waals surface area contributed by atoms with Crippen molar-refractivity contribution in [1.82, 2.24) is 20.0 Å². The summed E-state index contributed by atoms with van der Waals surface area (Å²) in [4.78, 5) is 5.12. The first-order valence-corrected chi connectivity index (χ1v) is 9.50. The smallest absolute Gasteiger partial charge is 0.0828 e. The zero-order chi connectivity index (χ0) is 16.9. The quantitative estimate of drug-likeness (QED) is 0.909. The number of likely N-dealkylation sites (tertiary alicyclic amines) is 1. The van der Waals surface area contributed by atoms with Crippen LogP contribution >= 0.6 is 0 Å². The highest BCUT2D eigenvalue weighted by molar-refractivity contribution is 5.14. The predicted octanol–water partition coefficient (Wildman–Crippen LogP) is 2.84. The highest BCUT2D eigenvalue weighted by atomic mass is 16.5. The number of hydrogen-bond acceptors (Lipinski definition) is 4. The topological polar surface area (TPSA) is 44.4 Å². The van der Waals surface area contributed by atoms with E-state index in [1.54, 1.807) is 0 Å². The third kappa shape index (κ3) is 4.29. The zero-order valence-corrected chi connectivity index (χ0v) is 14.8. The van der Waals surface area contributed by atoms with Gasteiger partial charge in [-0.25, -0.2) is 0 Å². The molecule has 0 saturated carbocycles. The monoisotopic (exact) mass is 340 g/mol. The summed E-state index contributed by atoms with van der Waals surface area (Å²) in [7, 11) is 0. The lowest BCUT2D eigenvalue weighted by atomic mass is 10.1. The summed E-state index contributed by atoms with van der Waals surface area (Å²) in [6, 6.07) is 13.3. The largest absolute Gasteiger partial charge is 0.376 e. The summed E-state index contributed by atoms with van der Waals surface area (Å²) in [6.45, 7) is 6.19. The SMILES string of the molecule is c1ccc(CN2CCCOC(CN3CCCC3c3ccn[nH]3)C2)cc1. The maximum absolute atomic E-state index is 6.19. The fourth-order valence-corrected chi connectivity index (χ4v) is 4.18. The summed E-state index contributed by atoms with van der Waals surface area (Å²) in [6.07, 6.45) is 5.73. The van der Waals surface area contributed by atoms with Crippen molar-refractivity contribution >= 4 is 0 Å².